The Kier molecular flexibility index (Phi) is 4.93. The molecule has 0 saturated heterocycles. The third-order valence-corrected chi connectivity index (χ3v) is 6.17. The van der Waals surface area contributed by atoms with E-state index in [1.807, 2.05) is 109 Å². The first kappa shape index (κ1) is 20.0. The Balaban J connectivity index is 1.65. The SMILES string of the molecule is O=C(c1cnc2ccccc2c1-c1ccccc1)c1cnc2ccccc2c1-c1ccccc1. The number of aromatic nitrogens is 2. The van der Waals surface area contributed by atoms with Crippen molar-refractivity contribution in [3.8, 4) is 22.3 Å². The predicted molar refractivity (Wildman–Crippen MR) is 138 cm³/mol. The molecule has 0 saturated carbocycles. The van der Waals surface area contributed by atoms with Crippen molar-refractivity contribution < 1.29 is 4.79 Å². The van der Waals surface area contributed by atoms with Gasteiger partial charge in [0.2, 0.25) is 0 Å². The first-order valence-corrected chi connectivity index (χ1v) is 11.2. The molecule has 2 aromatic heterocycles. The van der Waals surface area contributed by atoms with Gasteiger partial charge in [0.05, 0.1) is 11.0 Å². The second-order valence-corrected chi connectivity index (χ2v) is 8.19. The van der Waals surface area contributed by atoms with Crippen LogP contribution in [0.25, 0.3) is 44.1 Å². The first-order chi connectivity index (χ1) is 16.8. The highest BCUT2D eigenvalue weighted by molar-refractivity contribution is 6.21. The molecule has 6 aromatic rings. The minimum Gasteiger partial charge on any atom is -0.288 e. The fraction of sp³-hybridized carbons (Fsp3) is 0. The maximum Gasteiger partial charge on any atom is 0.197 e. The van der Waals surface area contributed by atoms with Gasteiger partial charge in [-0.1, -0.05) is 97.1 Å². The molecule has 0 spiro atoms. The molecular formula is C31H20N2O. The fourth-order valence-electron chi connectivity index (χ4n) is 4.60. The van der Waals surface area contributed by atoms with Crippen molar-refractivity contribution in [2.24, 2.45) is 0 Å². The summed E-state index contributed by atoms with van der Waals surface area (Å²) in [6.07, 6.45) is 3.41. The summed E-state index contributed by atoms with van der Waals surface area (Å²) in [5.41, 5.74) is 6.61. The number of carbonyl (C=O) groups is 1. The quantitative estimate of drug-likeness (QED) is 0.271. The highest BCUT2D eigenvalue weighted by Crippen LogP contribution is 2.36. The van der Waals surface area contributed by atoms with Crippen molar-refractivity contribution >= 4 is 27.6 Å². The molecule has 0 N–H and O–H groups in total. The molecule has 0 unspecified atom stereocenters. The van der Waals surface area contributed by atoms with Crippen LogP contribution in [0.2, 0.25) is 0 Å². The standard InChI is InChI=1S/C31H20N2O/c34-31(25-19-32-27-17-9-7-15-23(27)29(25)21-11-3-1-4-12-21)26-20-33-28-18-10-8-16-24(28)30(26)22-13-5-2-6-14-22/h1-20H. The third-order valence-electron chi connectivity index (χ3n) is 6.17. The highest BCUT2D eigenvalue weighted by atomic mass is 16.1. The molecule has 0 fully saturated rings. The average Bonchev–Trinajstić information content (AvgIpc) is 2.92. The lowest BCUT2D eigenvalue weighted by Gasteiger charge is -2.16. The van der Waals surface area contributed by atoms with Crippen molar-refractivity contribution in [2.45, 2.75) is 0 Å². The molecule has 3 heteroatoms. The van der Waals surface area contributed by atoms with Crippen molar-refractivity contribution in [2.75, 3.05) is 0 Å². The number of fused-ring (bicyclic) bond motifs is 2. The van der Waals surface area contributed by atoms with Gasteiger partial charge in [-0.3, -0.25) is 14.8 Å². The number of benzene rings is 4. The van der Waals surface area contributed by atoms with Crippen LogP contribution in [0.15, 0.2) is 122 Å². The van der Waals surface area contributed by atoms with E-state index in [9.17, 15) is 4.79 Å². The second kappa shape index (κ2) is 8.38. The number of hydrogen-bond acceptors (Lipinski definition) is 3. The zero-order valence-corrected chi connectivity index (χ0v) is 18.3. The minimum atomic E-state index is -0.0887. The minimum absolute atomic E-state index is 0.0887. The zero-order valence-electron chi connectivity index (χ0n) is 18.3. The molecule has 3 nitrogen and oxygen atoms in total. The molecule has 0 aliphatic rings. The van der Waals surface area contributed by atoms with E-state index in [-0.39, 0.29) is 5.78 Å². The summed E-state index contributed by atoms with van der Waals surface area (Å²) in [5.74, 6) is -0.0887. The molecule has 34 heavy (non-hydrogen) atoms. The smallest absolute Gasteiger partial charge is 0.197 e. The number of carbonyl (C=O) groups excluding carboxylic acids is 1. The summed E-state index contributed by atoms with van der Waals surface area (Å²) in [6.45, 7) is 0. The lowest BCUT2D eigenvalue weighted by Crippen LogP contribution is -2.08. The molecule has 160 valence electrons. The molecular weight excluding hydrogens is 416 g/mol. The number of para-hydroxylation sites is 2. The van der Waals surface area contributed by atoms with Crippen molar-refractivity contribution in [1.82, 2.24) is 9.97 Å². The van der Waals surface area contributed by atoms with Crippen LogP contribution in [0.5, 0.6) is 0 Å². The van der Waals surface area contributed by atoms with E-state index in [1.165, 1.54) is 0 Å². The van der Waals surface area contributed by atoms with Gasteiger partial charge in [-0.25, -0.2) is 0 Å². The van der Waals surface area contributed by atoms with Gasteiger partial charge >= 0.3 is 0 Å². The van der Waals surface area contributed by atoms with Crippen LogP contribution < -0.4 is 0 Å². The van der Waals surface area contributed by atoms with E-state index >= 15 is 0 Å². The summed E-state index contributed by atoms with van der Waals surface area (Å²) in [6, 6.07) is 36.0. The summed E-state index contributed by atoms with van der Waals surface area (Å²) >= 11 is 0. The molecule has 0 aliphatic heterocycles. The maximum absolute atomic E-state index is 14.2. The maximum atomic E-state index is 14.2. The van der Waals surface area contributed by atoms with Gasteiger partial charge in [-0.2, -0.15) is 0 Å². The number of hydrogen-bond donors (Lipinski definition) is 0. The second-order valence-electron chi connectivity index (χ2n) is 8.19. The van der Waals surface area contributed by atoms with Crippen LogP contribution in [0.4, 0.5) is 0 Å². The Morgan fingerprint density at radius 3 is 1.29 bits per heavy atom. The van der Waals surface area contributed by atoms with E-state index in [0.29, 0.717) is 11.1 Å². The molecule has 6 rings (SSSR count). The molecule has 0 radical (unpaired) electrons. The molecule has 2 heterocycles. The van der Waals surface area contributed by atoms with Crippen LogP contribution >= 0.6 is 0 Å². The van der Waals surface area contributed by atoms with Gasteiger partial charge < -0.3 is 0 Å². The van der Waals surface area contributed by atoms with Gasteiger partial charge in [0, 0.05) is 45.4 Å². The Labute approximate surface area is 197 Å². The fourth-order valence-corrected chi connectivity index (χ4v) is 4.60. The molecule has 0 amide bonds. The third kappa shape index (κ3) is 3.35. The van der Waals surface area contributed by atoms with Gasteiger partial charge in [0.1, 0.15) is 0 Å². The Morgan fingerprint density at radius 1 is 0.471 bits per heavy atom. The molecule has 0 atom stereocenters. The van der Waals surface area contributed by atoms with E-state index in [0.717, 1.165) is 44.1 Å². The Bertz CT molecular complexity index is 1530. The molecule has 0 aliphatic carbocycles. The van der Waals surface area contributed by atoms with Crippen LogP contribution in [0.3, 0.4) is 0 Å². The number of nitrogens with zero attached hydrogens (tertiary/aromatic N) is 2. The van der Waals surface area contributed by atoms with Crippen LogP contribution in [0, 0.1) is 0 Å². The highest BCUT2D eigenvalue weighted by Gasteiger charge is 2.23. The lowest BCUT2D eigenvalue weighted by atomic mass is 9.88. The molecule has 4 aromatic carbocycles. The zero-order chi connectivity index (χ0) is 22.9. The summed E-state index contributed by atoms with van der Waals surface area (Å²) < 4.78 is 0. The summed E-state index contributed by atoms with van der Waals surface area (Å²) in [7, 11) is 0. The Hall–Kier alpha value is -4.63. The van der Waals surface area contributed by atoms with Crippen molar-refractivity contribution in [3.63, 3.8) is 0 Å². The van der Waals surface area contributed by atoms with E-state index in [2.05, 4.69) is 9.97 Å². The van der Waals surface area contributed by atoms with Gasteiger partial charge in [0.25, 0.3) is 0 Å². The molecule has 0 bridgehead atoms. The van der Waals surface area contributed by atoms with Crippen LogP contribution in [-0.2, 0) is 0 Å². The monoisotopic (exact) mass is 436 g/mol. The largest absolute Gasteiger partial charge is 0.288 e. The Morgan fingerprint density at radius 2 is 0.853 bits per heavy atom. The first-order valence-electron chi connectivity index (χ1n) is 11.2. The van der Waals surface area contributed by atoms with Crippen molar-refractivity contribution in [1.29, 1.82) is 0 Å². The average molecular weight is 437 g/mol. The van der Waals surface area contributed by atoms with E-state index in [4.69, 9.17) is 0 Å². The van der Waals surface area contributed by atoms with Gasteiger partial charge in [-0.05, 0) is 23.3 Å². The van der Waals surface area contributed by atoms with Crippen LogP contribution in [0.1, 0.15) is 15.9 Å². The normalized spacial score (nSPS) is 11.1. The number of ketones is 1. The van der Waals surface area contributed by atoms with Crippen molar-refractivity contribution in [3.05, 3.63) is 133 Å². The lowest BCUT2D eigenvalue weighted by molar-refractivity contribution is 0.103. The van der Waals surface area contributed by atoms with Gasteiger partial charge in [-0.15, -0.1) is 0 Å². The summed E-state index contributed by atoms with van der Waals surface area (Å²) in [5, 5.41) is 1.91. The summed E-state index contributed by atoms with van der Waals surface area (Å²) in [4.78, 5) is 23.5. The van der Waals surface area contributed by atoms with Gasteiger partial charge in [0.15, 0.2) is 5.78 Å². The van der Waals surface area contributed by atoms with E-state index < -0.39 is 0 Å². The van der Waals surface area contributed by atoms with E-state index in [1.54, 1.807) is 12.4 Å². The predicted octanol–water partition coefficient (Wildman–Crippen LogP) is 7.35. The van der Waals surface area contributed by atoms with Crippen LogP contribution in [-0.4, -0.2) is 15.8 Å². The number of rotatable bonds is 4. The topological polar surface area (TPSA) is 42.9 Å². The number of pyridine rings is 2.